The molecule has 0 amide bonds. The van der Waals surface area contributed by atoms with E-state index < -0.39 is 10.1 Å². The highest BCUT2D eigenvalue weighted by Crippen LogP contribution is 2.50. The van der Waals surface area contributed by atoms with E-state index in [1.807, 2.05) is 0 Å². The Morgan fingerprint density at radius 3 is 3.00 bits per heavy atom. The number of hydrogen-bond donors (Lipinski definition) is 1. The first-order chi connectivity index (χ1) is 7.89. The maximum absolute atomic E-state index is 10.8. The van der Waals surface area contributed by atoms with E-state index in [1.54, 1.807) is 5.57 Å². The van der Waals surface area contributed by atoms with E-state index in [9.17, 15) is 8.42 Å². The monoisotopic (exact) mass is 258 g/mol. The molecule has 0 saturated heterocycles. The molecule has 3 nitrogen and oxygen atoms in total. The van der Waals surface area contributed by atoms with Crippen LogP contribution < -0.4 is 0 Å². The standard InChI is InChI=1S/C13H22O3S/c1-11-8-12-4-2-5-13(9-11,10-12)6-3-7-17(14,15)16/h8,11H,2-7,9-10H2,1H3,(H,14,15,16). The molecule has 0 aliphatic heterocycles. The normalized spacial score (nSPS) is 33.3. The van der Waals surface area contributed by atoms with Gasteiger partial charge < -0.3 is 0 Å². The number of hydrogen-bond acceptors (Lipinski definition) is 2. The highest BCUT2D eigenvalue weighted by molar-refractivity contribution is 7.85. The van der Waals surface area contributed by atoms with E-state index in [4.69, 9.17) is 4.55 Å². The topological polar surface area (TPSA) is 54.4 Å². The summed E-state index contributed by atoms with van der Waals surface area (Å²) >= 11 is 0. The molecule has 4 heteroatoms. The van der Waals surface area contributed by atoms with Crippen molar-refractivity contribution in [2.75, 3.05) is 5.75 Å². The third-order valence-electron chi connectivity index (χ3n) is 4.19. The summed E-state index contributed by atoms with van der Waals surface area (Å²) in [5.74, 6) is 0.548. The molecular weight excluding hydrogens is 236 g/mol. The fourth-order valence-electron chi connectivity index (χ4n) is 3.75. The van der Waals surface area contributed by atoms with Crippen LogP contribution in [0.25, 0.3) is 0 Å². The second-order valence-corrected chi connectivity index (χ2v) is 7.50. The Balaban J connectivity index is 1.97. The molecule has 0 aromatic carbocycles. The maximum atomic E-state index is 10.8. The minimum absolute atomic E-state index is 0.0812. The Labute approximate surface area is 104 Å². The van der Waals surface area contributed by atoms with Crippen LogP contribution in [0.4, 0.5) is 0 Å². The molecule has 98 valence electrons. The minimum atomic E-state index is -3.78. The van der Waals surface area contributed by atoms with Crippen LogP contribution >= 0.6 is 0 Å². The van der Waals surface area contributed by atoms with E-state index >= 15 is 0 Å². The molecule has 17 heavy (non-hydrogen) atoms. The van der Waals surface area contributed by atoms with Gasteiger partial charge in [-0.2, -0.15) is 8.42 Å². The van der Waals surface area contributed by atoms with E-state index in [0.29, 0.717) is 17.8 Å². The molecule has 0 aromatic rings. The average Bonchev–Trinajstić information content (AvgIpc) is 2.13. The van der Waals surface area contributed by atoms with Crippen LogP contribution in [0.5, 0.6) is 0 Å². The summed E-state index contributed by atoms with van der Waals surface area (Å²) in [5.41, 5.74) is 1.90. The van der Waals surface area contributed by atoms with Gasteiger partial charge in [0.15, 0.2) is 0 Å². The lowest BCUT2D eigenvalue weighted by molar-refractivity contribution is 0.154. The van der Waals surface area contributed by atoms with Crippen LogP contribution in [-0.4, -0.2) is 18.7 Å². The summed E-state index contributed by atoms with van der Waals surface area (Å²) in [6.45, 7) is 2.25. The van der Waals surface area contributed by atoms with Crippen molar-refractivity contribution >= 4 is 10.1 Å². The quantitative estimate of drug-likeness (QED) is 0.622. The minimum Gasteiger partial charge on any atom is -0.286 e. The first kappa shape index (κ1) is 13.1. The molecule has 1 saturated carbocycles. The lowest BCUT2D eigenvalue weighted by Gasteiger charge is -2.43. The van der Waals surface area contributed by atoms with Crippen molar-refractivity contribution in [3.05, 3.63) is 11.6 Å². The summed E-state index contributed by atoms with van der Waals surface area (Å²) in [4.78, 5) is 0. The number of allylic oxidation sites excluding steroid dienone is 2. The molecule has 1 N–H and O–H groups in total. The first-order valence-electron chi connectivity index (χ1n) is 6.53. The number of fused-ring (bicyclic) bond motifs is 2. The van der Waals surface area contributed by atoms with E-state index in [0.717, 1.165) is 12.8 Å². The molecular formula is C13H22O3S. The Morgan fingerprint density at radius 1 is 1.53 bits per heavy atom. The van der Waals surface area contributed by atoms with Crippen LogP contribution in [-0.2, 0) is 10.1 Å². The maximum Gasteiger partial charge on any atom is 0.264 e. The van der Waals surface area contributed by atoms with Crippen molar-refractivity contribution in [3.8, 4) is 0 Å². The number of rotatable bonds is 4. The van der Waals surface area contributed by atoms with Gasteiger partial charge in [0.2, 0.25) is 0 Å². The van der Waals surface area contributed by atoms with Crippen LogP contribution in [0.1, 0.15) is 51.9 Å². The van der Waals surface area contributed by atoms with Gasteiger partial charge in [0.25, 0.3) is 10.1 Å². The SMILES string of the molecule is CC1C=C2CCCC(CCCS(=O)(=O)O)(C2)C1. The predicted octanol–water partition coefficient (Wildman–Crippen LogP) is 3.18. The zero-order chi connectivity index (χ0) is 12.5. The van der Waals surface area contributed by atoms with Crippen molar-refractivity contribution in [2.24, 2.45) is 11.3 Å². The molecule has 2 bridgehead atoms. The highest BCUT2D eigenvalue weighted by Gasteiger charge is 2.37. The van der Waals surface area contributed by atoms with Gasteiger partial charge in [-0.15, -0.1) is 0 Å². The summed E-state index contributed by atoms with van der Waals surface area (Å²) < 4.78 is 30.3. The summed E-state index contributed by atoms with van der Waals surface area (Å²) in [6, 6.07) is 0. The van der Waals surface area contributed by atoms with Gasteiger partial charge in [0.1, 0.15) is 0 Å². The second kappa shape index (κ2) is 4.73. The molecule has 2 atom stereocenters. The Morgan fingerprint density at radius 2 is 2.29 bits per heavy atom. The first-order valence-corrected chi connectivity index (χ1v) is 8.14. The molecule has 1 fully saturated rings. The Kier molecular flexibility index (Phi) is 3.64. The zero-order valence-corrected chi connectivity index (χ0v) is 11.3. The van der Waals surface area contributed by atoms with E-state index in [2.05, 4.69) is 13.0 Å². The summed E-state index contributed by atoms with van der Waals surface area (Å²) in [6.07, 6.45) is 9.97. The molecule has 2 unspecified atom stereocenters. The molecule has 0 radical (unpaired) electrons. The summed E-state index contributed by atoms with van der Waals surface area (Å²) in [5, 5.41) is 0. The molecule has 0 heterocycles. The fourth-order valence-corrected chi connectivity index (χ4v) is 4.26. The highest BCUT2D eigenvalue weighted by atomic mass is 32.2. The van der Waals surface area contributed by atoms with Crippen molar-refractivity contribution in [1.82, 2.24) is 0 Å². The third-order valence-corrected chi connectivity index (χ3v) is 5.00. The van der Waals surface area contributed by atoms with Gasteiger partial charge in [-0.1, -0.05) is 18.6 Å². The van der Waals surface area contributed by atoms with Crippen LogP contribution in [0.2, 0.25) is 0 Å². The molecule has 0 aromatic heterocycles. The van der Waals surface area contributed by atoms with E-state index in [1.165, 1.54) is 25.7 Å². The van der Waals surface area contributed by atoms with E-state index in [-0.39, 0.29) is 5.75 Å². The Hall–Kier alpha value is -0.350. The second-order valence-electron chi connectivity index (χ2n) is 5.93. The van der Waals surface area contributed by atoms with Gasteiger partial charge in [-0.05, 0) is 56.3 Å². The largest absolute Gasteiger partial charge is 0.286 e. The predicted molar refractivity (Wildman–Crippen MR) is 68.4 cm³/mol. The van der Waals surface area contributed by atoms with Gasteiger partial charge in [-0.25, -0.2) is 0 Å². The van der Waals surface area contributed by atoms with Crippen LogP contribution in [0.3, 0.4) is 0 Å². The molecule has 2 aliphatic rings. The lowest BCUT2D eigenvalue weighted by atomic mass is 9.62. The molecule has 2 aliphatic carbocycles. The van der Waals surface area contributed by atoms with Crippen molar-refractivity contribution in [1.29, 1.82) is 0 Å². The Bertz CT molecular complexity index is 410. The van der Waals surface area contributed by atoms with Gasteiger partial charge in [0, 0.05) is 0 Å². The van der Waals surface area contributed by atoms with Crippen molar-refractivity contribution in [2.45, 2.75) is 51.9 Å². The third kappa shape index (κ3) is 3.55. The smallest absolute Gasteiger partial charge is 0.264 e. The molecule has 2 rings (SSSR count). The van der Waals surface area contributed by atoms with Gasteiger partial charge in [0.05, 0.1) is 5.75 Å². The zero-order valence-electron chi connectivity index (χ0n) is 10.5. The fraction of sp³-hybridized carbons (Fsp3) is 0.846. The van der Waals surface area contributed by atoms with Crippen molar-refractivity contribution < 1.29 is 13.0 Å². The van der Waals surface area contributed by atoms with Crippen molar-refractivity contribution in [3.63, 3.8) is 0 Å². The average molecular weight is 258 g/mol. The lowest BCUT2D eigenvalue weighted by Crippen LogP contribution is -2.31. The van der Waals surface area contributed by atoms with Gasteiger partial charge in [-0.3, -0.25) is 4.55 Å². The van der Waals surface area contributed by atoms with Crippen LogP contribution in [0, 0.1) is 11.3 Å². The molecule has 0 spiro atoms. The summed E-state index contributed by atoms with van der Waals surface area (Å²) in [7, 11) is -3.78. The van der Waals surface area contributed by atoms with Crippen LogP contribution in [0.15, 0.2) is 11.6 Å². The van der Waals surface area contributed by atoms with Gasteiger partial charge >= 0.3 is 0 Å².